The molecule has 146 valence electrons. The Hall–Kier alpha value is -1.85. The summed E-state index contributed by atoms with van der Waals surface area (Å²) >= 11 is 1.87. The zero-order valence-corrected chi connectivity index (χ0v) is 17.4. The first-order valence-electron chi connectivity index (χ1n) is 9.83. The predicted molar refractivity (Wildman–Crippen MR) is 115 cm³/mol. The van der Waals surface area contributed by atoms with Gasteiger partial charge < -0.3 is 15.5 Å². The number of hydrogen-bond donors (Lipinski definition) is 2. The third-order valence-corrected chi connectivity index (χ3v) is 6.29. The number of amides is 2. The van der Waals surface area contributed by atoms with Gasteiger partial charge in [0.25, 0.3) is 0 Å². The molecule has 0 bridgehead atoms. The Bertz CT molecular complexity index is 711. The van der Waals surface area contributed by atoms with Crippen molar-refractivity contribution in [2.24, 2.45) is 0 Å². The molecule has 2 N–H and O–H groups in total. The van der Waals surface area contributed by atoms with Crippen LogP contribution in [0.25, 0.3) is 0 Å². The minimum Gasteiger partial charge on any atom is -0.337 e. The van der Waals surface area contributed by atoms with Crippen LogP contribution in [-0.4, -0.2) is 37.1 Å². The number of urea groups is 1. The van der Waals surface area contributed by atoms with Crippen molar-refractivity contribution < 1.29 is 4.79 Å². The summed E-state index contributed by atoms with van der Waals surface area (Å²) in [6, 6.07) is 12.4. The Morgan fingerprint density at radius 2 is 1.85 bits per heavy atom. The molecule has 5 heteroatoms. The maximum absolute atomic E-state index is 12.1. The fourth-order valence-electron chi connectivity index (χ4n) is 3.52. The van der Waals surface area contributed by atoms with E-state index in [0.717, 1.165) is 25.3 Å². The van der Waals surface area contributed by atoms with E-state index >= 15 is 0 Å². The van der Waals surface area contributed by atoms with Crippen LogP contribution in [0.5, 0.6) is 0 Å². The van der Waals surface area contributed by atoms with Crippen molar-refractivity contribution in [3.05, 3.63) is 52.2 Å². The molecule has 3 rings (SSSR count). The lowest BCUT2D eigenvalue weighted by molar-refractivity contribution is 0.212. The van der Waals surface area contributed by atoms with E-state index in [0.29, 0.717) is 12.5 Å². The summed E-state index contributed by atoms with van der Waals surface area (Å²) in [5.41, 5.74) is 2.22. The molecule has 0 saturated carbocycles. The number of piperidine rings is 1. The van der Waals surface area contributed by atoms with Gasteiger partial charge in [-0.1, -0.05) is 39.0 Å². The molecule has 2 heterocycles. The lowest BCUT2D eigenvalue weighted by Crippen LogP contribution is -2.40. The van der Waals surface area contributed by atoms with E-state index in [9.17, 15) is 4.79 Å². The van der Waals surface area contributed by atoms with Crippen molar-refractivity contribution >= 4 is 23.1 Å². The first kappa shape index (κ1) is 19.9. The van der Waals surface area contributed by atoms with Crippen molar-refractivity contribution in [3.8, 4) is 0 Å². The number of nitrogens with one attached hydrogen (secondary N) is 2. The Balaban J connectivity index is 1.35. The molecule has 0 atom stereocenters. The number of thiophene rings is 1. The Morgan fingerprint density at radius 1 is 1.15 bits per heavy atom. The van der Waals surface area contributed by atoms with Crippen molar-refractivity contribution in [3.63, 3.8) is 0 Å². The topological polar surface area (TPSA) is 44.4 Å². The molecule has 0 unspecified atom stereocenters. The molecule has 2 amide bonds. The highest BCUT2D eigenvalue weighted by Gasteiger charge is 2.21. The van der Waals surface area contributed by atoms with Crippen LogP contribution in [0.15, 0.2) is 41.8 Å². The molecule has 4 nitrogen and oxygen atoms in total. The van der Waals surface area contributed by atoms with Gasteiger partial charge in [0.2, 0.25) is 0 Å². The van der Waals surface area contributed by atoms with Gasteiger partial charge in [-0.2, -0.15) is 0 Å². The summed E-state index contributed by atoms with van der Waals surface area (Å²) in [6.45, 7) is 10.4. The predicted octanol–water partition coefficient (Wildman–Crippen LogP) is 5.05. The molecule has 0 radical (unpaired) electrons. The van der Waals surface area contributed by atoms with E-state index in [4.69, 9.17) is 0 Å². The lowest BCUT2D eigenvalue weighted by atomic mass is 9.87. The largest absolute Gasteiger partial charge is 0.337 e. The van der Waals surface area contributed by atoms with Gasteiger partial charge in [-0.05, 0) is 66.4 Å². The number of carbonyl (C=O) groups is 1. The first-order valence-corrected chi connectivity index (χ1v) is 10.7. The zero-order valence-electron chi connectivity index (χ0n) is 16.6. The smallest absolute Gasteiger partial charge is 0.319 e. The summed E-state index contributed by atoms with van der Waals surface area (Å²) in [5, 5.41) is 8.06. The van der Waals surface area contributed by atoms with E-state index in [-0.39, 0.29) is 11.4 Å². The number of hydrogen-bond acceptors (Lipinski definition) is 3. The summed E-state index contributed by atoms with van der Waals surface area (Å²) in [6.07, 6.45) is 2.43. The van der Waals surface area contributed by atoms with E-state index in [1.54, 1.807) is 0 Å². The van der Waals surface area contributed by atoms with Crippen molar-refractivity contribution in [2.75, 3.05) is 31.5 Å². The van der Waals surface area contributed by atoms with Gasteiger partial charge in [0, 0.05) is 23.7 Å². The van der Waals surface area contributed by atoms with Gasteiger partial charge in [-0.3, -0.25) is 0 Å². The molecular weight excluding hydrogens is 354 g/mol. The van der Waals surface area contributed by atoms with Crippen molar-refractivity contribution in [2.45, 2.75) is 44.9 Å². The number of anilines is 1. The minimum absolute atomic E-state index is 0.123. The number of likely N-dealkylation sites (tertiary alicyclic amines) is 1. The highest BCUT2D eigenvalue weighted by atomic mass is 32.1. The number of benzene rings is 1. The number of nitrogens with zero attached hydrogens (tertiary/aromatic N) is 1. The van der Waals surface area contributed by atoms with Gasteiger partial charge >= 0.3 is 6.03 Å². The van der Waals surface area contributed by atoms with Gasteiger partial charge in [0.05, 0.1) is 0 Å². The quantitative estimate of drug-likeness (QED) is 0.757. The third kappa shape index (κ3) is 5.81. The van der Waals surface area contributed by atoms with Crippen LogP contribution in [0.3, 0.4) is 0 Å². The molecular formula is C22H31N3OS. The summed E-state index contributed by atoms with van der Waals surface area (Å²) < 4.78 is 0. The second kappa shape index (κ2) is 8.89. The Labute approximate surface area is 167 Å². The molecule has 1 aliphatic rings. The van der Waals surface area contributed by atoms with E-state index in [1.165, 1.54) is 23.3 Å². The van der Waals surface area contributed by atoms with Crippen molar-refractivity contribution in [1.29, 1.82) is 0 Å². The first-order chi connectivity index (χ1) is 12.9. The van der Waals surface area contributed by atoms with Crippen LogP contribution < -0.4 is 10.6 Å². The zero-order chi connectivity index (χ0) is 19.3. The van der Waals surface area contributed by atoms with Gasteiger partial charge in [0.15, 0.2) is 0 Å². The monoisotopic (exact) mass is 385 g/mol. The van der Waals surface area contributed by atoms with Crippen LogP contribution in [0.4, 0.5) is 10.5 Å². The number of carbonyl (C=O) groups excluding carboxylic acids is 1. The fourth-order valence-corrected chi connectivity index (χ4v) is 4.42. The normalized spacial score (nSPS) is 16.3. The molecule has 1 saturated heterocycles. The fraction of sp³-hybridized carbons (Fsp3) is 0.500. The van der Waals surface area contributed by atoms with Crippen LogP contribution in [-0.2, 0) is 5.41 Å². The maximum Gasteiger partial charge on any atom is 0.319 e. The minimum atomic E-state index is -0.132. The molecule has 1 aliphatic heterocycles. The molecule has 27 heavy (non-hydrogen) atoms. The van der Waals surface area contributed by atoms with Gasteiger partial charge in [-0.15, -0.1) is 11.3 Å². The lowest BCUT2D eigenvalue weighted by Gasteiger charge is -2.31. The molecule has 1 aromatic heterocycles. The van der Waals surface area contributed by atoms with Crippen LogP contribution in [0.1, 0.15) is 50.0 Å². The summed E-state index contributed by atoms with van der Waals surface area (Å²) in [5.74, 6) is 0.716. The average Bonchev–Trinajstić information content (AvgIpc) is 3.17. The second-order valence-electron chi connectivity index (χ2n) is 8.34. The van der Waals surface area contributed by atoms with E-state index < -0.39 is 0 Å². The number of rotatable bonds is 5. The standard InChI is InChI=1S/C22H31N3OS/c1-22(2,3)18-6-8-19(9-7-18)24-21(26)23-12-15-25-13-10-17(11-14-25)20-5-4-16-27-20/h4-9,16-17H,10-15H2,1-3H3,(H2,23,24,26). The van der Waals surface area contributed by atoms with Crippen LogP contribution in [0.2, 0.25) is 0 Å². The molecule has 1 fully saturated rings. The molecule has 0 spiro atoms. The third-order valence-electron chi connectivity index (χ3n) is 5.26. The maximum atomic E-state index is 12.1. The van der Waals surface area contributed by atoms with Gasteiger partial charge in [-0.25, -0.2) is 4.79 Å². The van der Waals surface area contributed by atoms with Gasteiger partial charge in [0.1, 0.15) is 0 Å². The second-order valence-corrected chi connectivity index (χ2v) is 9.32. The Morgan fingerprint density at radius 3 is 2.44 bits per heavy atom. The summed E-state index contributed by atoms with van der Waals surface area (Å²) in [4.78, 5) is 16.1. The molecule has 2 aromatic rings. The van der Waals surface area contributed by atoms with E-state index in [2.05, 4.69) is 66.0 Å². The average molecular weight is 386 g/mol. The van der Waals surface area contributed by atoms with Crippen molar-refractivity contribution in [1.82, 2.24) is 10.2 Å². The van der Waals surface area contributed by atoms with Crippen LogP contribution in [0, 0.1) is 0 Å². The SMILES string of the molecule is CC(C)(C)c1ccc(NC(=O)NCCN2CCC(c3cccs3)CC2)cc1. The highest BCUT2D eigenvalue weighted by molar-refractivity contribution is 7.10. The molecule has 1 aromatic carbocycles. The Kier molecular flexibility index (Phi) is 6.55. The van der Waals surface area contributed by atoms with Crippen LogP contribution >= 0.6 is 11.3 Å². The molecule has 0 aliphatic carbocycles. The van der Waals surface area contributed by atoms with E-state index in [1.807, 2.05) is 23.5 Å². The highest BCUT2D eigenvalue weighted by Crippen LogP contribution is 2.30. The summed E-state index contributed by atoms with van der Waals surface area (Å²) in [7, 11) is 0.